The van der Waals surface area contributed by atoms with Crippen LogP contribution in [-0.4, -0.2) is 23.2 Å². The van der Waals surface area contributed by atoms with E-state index in [1.165, 1.54) is 11.3 Å². The van der Waals surface area contributed by atoms with Crippen molar-refractivity contribution in [2.24, 2.45) is 0 Å². The molecule has 0 spiro atoms. The lowest BCUT2D eigenvalue weighted by Gasteiger charge is -2.24. The van der Waals surface area contributed by atoms with Crippen LogP contribution in [0.1, 0.15) is 34.8 Å². The van der Waals surface area contributed by atoms with Crippen molar-refractivity contribution in [2.75, 3.05) is 6.61 Å². The van der Waals surface area contributed by atoms with E-state index in [2.05, 4.69) is 5.32 Å². The lowest BCUT2D eigenvalue weighted by molar-refractivity contribution is 0.0904. The van der Waals surface area contributed by atoms with Crippen LogP contribution in [0.15, 0.2) is 12.1 Å². The number of amides is 1. The summed E-state index contributed by atoms with van der Waals surface area (Å²) in [4.78, 5) is 13.6. The third kappa shape index (κ3) is 3.64. The molecular formula is C11H17NO2S. The molecule has 0 aromatic carbocycles. The van der Waals surface area contributed by atoms with Gasteiger partial charge in [0.2, 0.25) is 0 Å². The molecule has 1 aromatic rings. The number of aliphatic hydroxyl groups excluding tert-OH is 1. The van der Waals surface area contributed by atoms with Gasteiger partial charge in [-0.25, -0.2) is 0 Å². The van der Waals surface area contributed by atoms with Gasteiger partial charge in [-0.15, -0.1) is 11.3 Å². The summed E-state index contributed by atoms with van der Waals surface area (Å²) < 4.78 is 0. The van der Waals surface area contributed by atoms with Crippen molar-refractivity contribution in [3.63, 3.8) is 0 Å². The number of nitrogens with one attached hydrogen (secondary N) is 1. The van der Waals surface area contributed by atoms with E-state index in [0.717, 1.165) is 9.75 Å². The van der Waals surface area contributed by atoms with Gasteiger partial charge < -0.3 is 10.4 Å². The number of hydrogen-bond acceptors (Lipinski definition) is 3. The first-order chi connectivity index (χ1) is 6.94. The second-order valence-corrected chi connectivity index (χ2v) is 5.51. The van der Waals surface area contributed by atoms with Crippen LogP contribution < -0.4 is 5.32 Å². The maximum atomic E-state index is 11.8. The van der Waals surface area contributed by atoms with Crippen molar-refractivity contribution in [1.82, 2.24) is 5.32 Å². The lowest BCUT2D eigenvalue weighted by Crippen LogP contribution is -2.43. The number of rotatable bonds is 4. The van der Waals surface area contributed by atoms with E-state index in [-0.39, 0.29) is 18.1 Å². The lowest BCUT2D eigenvalue weighted by atomic mass is 10.0. The summed E-state index contributed by atoms with van der Waals surface area (Å²) in [6.45, 7) is 5.86. The average Bonchev–Trinajstić information content (AvgIpc) is 2.50. The highest BCUT2D eigenvalue weighted by atomic mass is 32.1. The van der Waals surface area contributed by atoms with Crippen LogP contribution in [-0.2, 0) is 0 Å². The summed E-state index contributed by atoms with van der Waals surface area (Å²) >= 11 is 1.48. The van der Waals surface area contributed by atoms with Gasteiger partial charge in [0.15, 0.2) is 0 Å². The van der Waals surface area contributed by atoms with Crippen LogP contribution in [0.25, 0.3) is 0 Å². The summed E-state index contributed by atoms with van der Waals surface area (Å²) in [6.07, 6.45) is 0.559. The zero-order valence-electron chi connectivity index (χ0n) is 9.33. The Morgan fingerprint density at radius 2 is 2.20 bits per heavy atom. The first-order valence-corrected chi connectivity index (χ1v) is 5.76. The van der Waals surface area contributed by atoms with E-state index < -0.39 is 0 Å². The summed E-state index contributed by atoms with van der Waals surface area (Å²) in [6, 6.07) is 3.75. The number of carbonyl (C=O) groups excluding carboxylic acids is 1. The topological polar surface area (TPSA) is 49.3 Å². The van der Waals surface area contributed by atoms with Gasteiger partial charge in [-0.3, -0.25) is 4.79 Å². The Bertz CT molecular complexity index is 344. The molecule has 0 aliphatic rings. The largest absolute Gasteiger partial charge is 0.396 e. The van der Waals surface area contributed by atoms with E-state index in [0.29, 0.717) is 6.42 Å². The van der Waals surface area contributed by atoms with Crippen molar-refractivity contribution in [1.29, 1.82) is 0 Å². The fourth-order valence-electron chi connectivity index (χ4n) is 1.27. The summed E-state index contributed by atoms with van der Waals surface area (Å²) in [5.41, 5.74) is -0.357. The van der Waals surface area contributed by atoms with Gasteiger partial charge in [0.1, 0.15) is 0 Å². The SMILES string of the molecule is Cc1ccc(C(=O)NC(C)(C)CCO)s1. The van der Waals surface area contributed by atoms with E-state index in [1.54, 1.807) is 0 Å². The third-order valence-electron chi connectivity index (χ3n) is 2.15. The number of thiophene rings is 1. The monoisotopic (exact) mass is 227 g/mol. The number of aliphatic hydroxyl groups is 1. The van der Waals surface area contributed by atoms with Crippen LogP contribution in [0.4, 0.5) is 0 Å². The van der Waals surface area contributed by atoms with Crippen LogP contribution >= 0.6 is 11.3 Å². The van der Waals surface area contributed by atoms with E-state index in [4.69, 9.17) is 5.11 Å². The Morgan fingerprint density at radius 1 is 1.53 bits per heavy atom. The van der Waals surface area contributed by atoms with Crippen LogP contribution in [0.5, 0.6) is 0 Å². The first kappa shape index (κ1) is 12.2. The van der Waals surface area contributed by atoms with Gasteiger partial charge >= 0.3 is 0 Å². The molecule has 2 N–H and O–H groups in total. The van der Waals surface area contributed by atoms with Crippen molar-refractivity contribution >= 4 is 17.2 Å². The molecule has 1 amide bonds. The molecule has 0 saturated carbocycles. The second-order valence-electron chi connectivity index (χ2n) is 4.22. The van der Waals surface area contributed by atoms with Crippen LogP contribution in [0.2, 0.25) is 0 Å². The van der Waals surface area contributed by atoms with Crippen molar-refractivity contribution in [3.05, 3.63) is 21.9 Å². The molecule has 1 aromatic heterocycles. The summed E-state index contributed by atoms with van der Waals surface area (Å²) in [7, 11) is 0. The fourth-order valence-corrected chi connectivity index (χ4v) is 2.03. The smallest absolute Gasteiger partial charge is 0.261 e. The van der Waals surface area contributed by atoms with Crippen LogP contribution in [0.3, 0.4) is 0 Å². The highest BCUT2D eigenvalue weighted by Gasteiger charge is 2.20. The van der Waals surface area contributed by atoms with Gasteiger partial charge in [0, 0.05) is 17.0 Å². The molecule has 1 heterocycles. The molecule has 84 valence electrons. The van der Waals surface area contributed by atoms with E-state index in [9.17, 15) is 4.79 Å². The number of carbonyl (C=O) groups is 1. The van der Waals surface area contributed by atoms with Gasteiger partial charge in [0.25, 0.3) is 5.91 Å². The minimum atomic E-state index is -0.357. The third-order valence-corrected chi connectivity index (χ3v) is 3.15. The van der Waals surface area contributed by atoms with Gasteiger partial charge in [-0.2, -0.15) is 0 Å². The molecule has 0 radical (unpaired) electrons. The van der Waals surface area contributed by atoms with Crippen LogP contribution in [0, 0.1) is 6.92 Å². The Balaban J connectivity index is 2.63. The maximum Gasteiger partial charge on any atom is 0.261 e. The van der Waals surface area contributed by atoms with Gasteiger partial charge in [-0.05, 0) is 39.3 Å². The molecule has 0 aliphatic carbocycles. The molecule has 0 fully saturated rings. The molecule has 4 heteroatoms. The van der Waals surface area contributed by atoms with E-state index >= 15 is 0 Å². The van der Waals surface area contributed by atoms with Crippen molar-refractivity contribution < 1.29 is 9.90 Å². The molecular weight excluding hydrogens is 210 g/mol. The molecule has 0 aliphatic heterocycles. The van der Waals surface area contributed by atoms with E-state index in [1.807, 2.05) is 32.9 Å². The minimum absolute atomic E-state index is 0.0634. The zero-order chi connectivity index (χ0) is 11.5. The van der Waals surface area contributed by atoms with Crippen molar-refractivity contribution in [2.45, 2.75) is 32.7 Å². The Labute approximate surface area is 94.1 Å². The average molecular weight is 227 g/mol. The highest BCUT2D eigenvalue weighted by molar-refractivity contribution is 7.13. The van der Waals surface area contributed by atoms with Gasteiger partial charge in [-0.1, -0.05) is 0 Å². The second kappa shape index (κ2) is 4.77. The molecule has 0 saturated heterocycles. The normalized spacial score (nSPS) is 11.5. The van der Waals surface area contributed by atoms with Gasteiger partial charge in [0.05, 0.1) is 4.88 Å². The minimum Gasteiger partial charge on any atom is -0.396 e. The molecule has 1 rings (SSSR count). The molecule has 15 heavy (non-hydrogen) atoms. The number of aryl methyl sites for hydroxylation is 1. The molecule has 0 unspecified atom stereocenters. The molecule has 0 atom stereocenters. The Morgan fingerprint density at radius 3 is 2.67 bits per heavy atom. The predicted molar refractivity (Wildman–Crippen MR) is 62.3 cm³/mol. The standard InChI is InChI=1S/C11H17NO2S/c1-8-4-5-9(15-8)10(14)12-11(2,3)6-7-13/h4-5,13H,6-7H2,1-3H3,(H,12,14). The number of hydrogen-bond donors (Lipinski definition) is 2. The maximum absolute atomic E-state index is 11.8. The summed E-state index contributed by atoms with van der Waals surface area (Å²) in [5.74, 6) is -0.0634. The Hall–Kier alpha value is -0.870. The fraction of sp³-hybridized carbons (Fsp3) is 0.545. The molecule has 0 bridgehead atoms. The first-order valence-electron chi connectivity index (χ1n) is 4.94. The van der Waals surface area contributed by atoms with Crippen molar-refractivity contribution in [3.8, 4) is 0 Å². The predicted octanol–water partition coefficient (Wildman–Crippen LogP) is 1.95. The Kier molecular flexibility index (Phi) is 3.88. The summed E-state index contributed by atoms with van der Waals surface area (Å²) in [5, 5.41) is 11.7. The molecule has 3 nitrogen and oxygen atoms in total. The quantitative estimate of drug-likeness (QED) is 0.826. The zero-order valence-corrected chi connectivity index (χ0v) is 10.1. The highest BCUT2D eigenvalue weighted by Crippen LogP contribution is 2.16.